The van der Waals surface area contributed by atoms with Gasteiger partial charge in [-0.2, -0.15) is 0 Å². The summed E-state index contributed by atoms with van der Waals surface area (Å²) in [6.07, 6.45) is 5.60. The number of hydrogen-bond acceptors (Lipinski definition) is 6. The van der Waals surface area contributed by atoms with E-state index in [9.17, 15) is 4.79 Å². The molecule has 0 saturated heterocycles. The van der Waals surface area contributed by atoms with Crippen molar-refractivity contribution in [2.75, 3.05) is 11.5 Å². The van der Waals surface area contributed by atoms with Gasteiger partial charge in [0.2, 0.25) is 0 Å². The van der Waals surface area contributed by atoms with E-state index in [0.717, 1.165) is 30.5 Å². The number of alkyl carbamates (subject to hydrolysis) is 1. The molecule has 1 aliphatic rings. The molecule has 1 fully saturated rings. The summed E-state index contributed by atoms with van der Waals surface area (Å²) in [5, 5.41) is 3.09. The van der Waals surface area contributed by atoms with Gasteiger partial charge in [0.05, 0.1) is 11.1 Å². The van der Waals surface area contributed by atoms with Crippen molar-refractivity contribution < 1.29 is 9.53 Å². The van der Waals surface area contributed by atoms with Gasteiger partial charge in [-0.15, -0.1) is 0 Å². The smallest absolute Gasteiger partial charge is 0.408 e. The summed E-state index contributed by atoms with van der Waals surface area (Å²) in [6, 6.07) is 11.6. The Bertz CT molecular complexity index is 1190. The number of nitrogen functional groups attached to an aromatic ring is 2. The number of nitrogens with one attached hydrogen (secondary N) is 1. The Morgan fingerprint density at radius 1 is 1.21 bits per heavy atom. The minimum Gasteiger partial charge on any atom is -0.444 e. The van der Waals surface area contributed by atoms with Crippen LogP contribution in [0.5, 0.6) is 0 Å². The van der Waals surface area contributed by atoms with E-state index in [4.69, 9.17) is 16.2 Å². The van der Waals surface area contributed by atoms with Crippen LogP contribution in [0.2, 0.25) is 0 Å². The maximum absolute atomic E-state index is 12.5. The standard InChI is InChI=1S/C25H30N6O2/c1-5-19-21(27)31(22(29-19)18-8-6-15-28-20(18)26)17-11-9-16(10-12-17)25(13-7-14-25)30-23(32)33-24(2,3)4/h5-6,8-12,15H,1,7,13-14,27H2,2-4H3,(H2,26,28)(H,30,32). The largest absolute Gasteiger partial charge is 0.444 e. The second-order valence-corrected chi connectivity index (χ2v) is 9.29. The molecule has 2 aromatic heterocycles. The fourth-order valence-corrected chi connectivity index (χ4v) is 4.09. The van der Waals surface area contributed by atoms with Crippen molar-refractivity contribution in [3.05, 3.63) is 60.4 Å². The molecule has 0 aliphatic heterocycles. The number of ether oxygens (including phenoxy) is 1. The number of imidazole rings is 1. The summed E-state index contributed by atoms with van der Waals surface area (Å²) in [6.45, 7) is 9.39. The monoisotopic (exact) mass is 446 g/mol. The zero-order valence-electron chi connectivity index (χ0n) is 19.3. The van der Waals surface area contributed by atoms with E-state index in [1.165, 1.54) is 0 Å². The van der Waals surface area contributed by atoms with Gasteiger partial charge in [-0.3, -0.25) is 4.57 Å². The molecule has 5 N–H and O–H groups in total. The summed E-state index contributed by atoms with van der Waals surface area (Å²) in [5.41, 5.74) is 14.6. The van der Waals surface area contributed by atoms with Crippen LogP contribution >= 0.6 is 0 Å². The van der Waals surface area contributed by atoms with Crippen LogP contribution in [0.4, 0.5) is 16.4 Å². The Kier molecular flexibility index (Phi) is 5.61. The lowest BCUT2D eigenvalue weighted by Crippen LogP contribution is -2.52. The number of pyridine rings is 1. The third-order valence-corrected chi connectivity index (χ3v) is 5.84. The molecule has 1 aromatic carbocycles. The first-order chi connectivity index (χ1) is 15.6. The Morgan fingerprint density at radius 2 is 1.91 bits per heavy atom. The summed E-state index contributed by atoms with van der Waals surface area (Å²) in [5.74, 6) is 1.41. The van der Waals surface area contributed by atoms with Gasteiger partial charge in [0.25, 0.3) is 0 Å². The van der Waals surface area contributed by atoms with Gasteiger partial charge >= 0.3 is 6.09 Å². The van der Waals surface area contributed by atoms with Crippen LogP contribution in [0.1, 0.15) is 51.3 Å². The van der Waals surface area contributed by atoms with Crippen LogP contribution in [0.15, 0.2) is 49.2 Å². The van der Waals surface area contributed by atoms with Gasteiger partial charge in [-0.05, 0) is 75.9 Å². The van der Waals surface area contributed by atoms with E-state index in [1.807, 2.05) is 55.7 Å². The zero-order valence-corrected chi connectivity index (χ0v) is 19.3. The van der Waals surface area contributed by atoms with Crippen LogP contribution in [-0.2, 0) is 10.3 Å². The number of carbonyl (C=O) groups is 1. The van der Waals surface area contributed by atoms with Crippen molar-refractivity contribution in [1.82, 2.24) is 19.9 Å². The van der Waals surface area contributed by atoms with Crippen molar-refractivity contribution in [2.45, 2.75) is 51.2 Å². The summed E-state index contributed by atoms with van der Waals surface area (Å²) < 4.78 is 7.32. The van der Waals surface area contributed by atoms with Gasteiger partial charge in [-0.1, -0.05) is 18.7 Å². The molecule has 0 radical (unpaired) electrons. The van der Waals surface area contributed by atoms with Gasteiger partial charge < -0.3 is 21.5 Å². The highest BCUT2D eigenvalue weighted by atomic mass is 16.6. The second-order valence-electron chi connectivity index (χ2n) is 9.29. The fourth-order valence-electron chi connectivity index (χ4n) is 4.09. The maximum atomic E-state index is 12.5. The average molecular weight is 447 g/mol. The topological polar surface area (TPSA) is 121 Å². The van der Waals surface area contributed by atoms with Gasteiger partial charge in [0.15, 0.2) is 5.82 Å². The predicted molar refractivity (Wildman–Crippen MR) is 131 cm³/mol. The normalized spacial score (nSPS) is 14.9. The number of benzene rings is 1. The van der Waals surface area contributed by atoms with Gasteiger partial charge in [-0.25, -0.2) is 14.8 Å². The fraction of sp³-hybridized carbons (Fsp3) is 0.320. The van der Waals surface area contributed by atoms with Crippen LogP contribution in [0.3, 0.4) is 0 Å². The highest BCUT2D eigenvalue weighted by Crippen LogP contribution is 2.42. The summed E-state index contributed by atoms with van der Waals surface area (Å²) >= 11 is 0. The van der Waals surface area contributed by atoms with Crippen molar-refractivity contribution in [1.29, 1.82) is 0 Å². The van der Waals surface area contributed by atoms with E-state index in [-0.39, 0.29) is 0 Å². The lowest BCUT2D eigenvalue weighted by molar-refractivity contribution is 0.0377. The summed E-state index contributed by atoms with van der Waals surface area (Å²) in [7, 11) is 0. The van der Waals surface area contributed by atoms with E-state index in [1.54, 1.807) is 18.3 Å². The minimum atomic E-state index is -0.550. The SMILES string of the molecule is C=Cc1nc(-c2cccnc2N)n(-c2ccc(C3(NC(=O)OC(C)(C)C)CCC3)cc2)c1N. The Morgan fingerprint density at radius 3 is 2.45 bits per heavy atom. The maximum Gasteiger partial charge on any atom is 0.408 e. The molecule has 1 saturated carbocycles. The highest BCUT2D eigenvalue weighted by Gasteiger charge is 2.41. The predicted octanol–water partition coefficient (Wildman–Crippen LogP) is 4.65. The van der Waals surface area contributed by atoms with Gasteiger partial charge in [0.1, 0.15) is 22.9 Å². The number of anilines is 2. The number of nitrogens with two attached hydrogens (primary N) is 2. The number of carbonyl (C=O) groups excluding carboxylic acids is 1. The molecular formula is C25H30N6O2. The van der Waals surface area contributed by atoms with E-state index < -0.39 is 17.2 Å². The van der Waals surface area contributed by atoms with Crippen molar-refractivity contribution in [3.8, 4) is 17.1 Å². The lowest BCUT2D eigenvalue weighted by atomic mass is 9.72. The molecule has 0 spiro atoms. The molecule has 1 aliphatic carbocycles. The quantitative estimate of drug-likeness (QED) is 0.525. The van der Waals surface area contributed by atoms with Crippen molar-refractivity contribution >= 4 is 23.8 Å². The third-order valence-electron chi connectivity index (χ3n) is 5.84. The molecule has 4 rings (SSSR count). The Labute approximate surface area is 193 Å². The molecule has 0 bridgehead atoms. The van der Waals surface area contributed by atoms with Crippen LogP contribution in [-0.4, -0.2) is 26.2 Å². The van der Waals surface area contributed by atoms with Crippen molar-refractivity contribution in [2.24, 2.45) is 0 Å². The molecular weight excluding hydrogens is 416 g/mol. The Balaban J connectivity index is 1.69. The number of aromatic nitrogens is 3. The molecule has 8 heteroatoms. The number of amides is 1. The molecule has 3 aromatic rings. The average Bonchev–Trinajstić information content (AvgIpc) is 3.06. The molecule has 0 atom stereocenters. The highest BCUT2D eigenvalue weighted by molar-refractivity contribution is 5.75. The van der Waals surface area contributed by atoms with E-state index >= 15 is 0 Å². The molecule has 2 heterocycles. The van der Waals surface area contributed by atoms with E-state index in [2.05, 4.69) is 21.9 Å². The molecule has 172 valence electrons. The number of rotatable bonds is 5. The van der Waals surface area contributed by atoms with E-state index in [0.29, 0.717) is 28.7 Å². The molecule has 0 unspecified atom stereocenters. The molecule has 33 heavy (non-hydrogen) atoms. The van der Waals surface area contributed by atoms with Crippen LogP contribution in [0.25, 0.3) is 23.2 Å². The van der Waals surface area contributed by atoms with Gasteiger partial charge in [0, 0.05) is 11.9 Å². The van der Waals surface area contributed by atoms with Crippen LogP contribution < -0.4 is 16.8 Å². The number of nitrogens with zero attached hydrogens (tertiary/aromatic N) is 3. The number of hydrogen-bond donors (Lipinski definition) is 3. The minimum absolute atomic E-state index is 0.367. The van der Waals surface area contributed by atoms with Crippen LogP contribution in [0, 0.1) is 0 Å². The first-order valence-electron chi connectivity index (χ1n) is 11.0. The van der Waals surface area contributed by atoms with Crippen molar-refractivity contribution in [3.63, 3.8) is 0 Å². The Hall–Kier alpha value is -3.81. The molecule has 1 amide bonds. The zero-order chi connectivity index (χ0) is 23.8. The summed E-state index contributed by atoms with van der Waals surface area (Å²) in [4.78, 5) is 21.3. The molecule has 8 nitrogen and oxygen atoms in total. The first kappa shape index (κ1) is 22.4. The first-order valence-corrected chi connectivity index (χ1v) is 11.0. The third kappa shape index (κ3) is 4.28. The second kappa shape index (κ2) is 8.27. The lowest BCUT2D eigenvalue weighted by Gasteiger charge is -2.43.